The molecule has 0 aromatic heterocycles. The summed E-state index contributed by atoms with van der Waals surface area (Å²) in [5, 5.41) is 0. The average molecular weight is 426 g/mol. The Labute approximate surface area is 98.0 Å². The van der Waals surface area contributed by atoms with Crippen LogP contribution < -0.4 is 0 Å². The van der Waals surface area contributed by atoms with Gasteiger partial charge in [-0.3, -0.25) is 0 Å². The van der Waals surface area contributed by atoms with Gasteiger partial charge in [-0.2, -0.15) is 0 Å². The molecule has 0 atom stereocenters. The maximum absolute atomic E-state index is 0. The second-order valence-electron chi connectivity index (χ2n) is 0. The zero-order valence-corrected chi connectivity index (χ0v) is 2.00. The molecule has 0 aliphatic rings. The first-order valence-electron chi connectivity index (χ1n) is 0. The van der Waals surface area contributed by atoms with E-state index in [2.05, 4.69) is 0 Å². The molecule has 0 fully saturated rings. The predicted molar refractivity (Wildman–Crippen MR) is 44.3 cm³/mol. The first-order chi connectivity index (χ1) is 0. The van der Waals surface area contributed by atoms with Gasteiger partial charge in [-0.25, -0.2) is 0 Å². The van der Waals surface area contributed by atoms with Crippen LogP contribution >= 0.6 is 0 Å². The Bertz CT molecular complexity index is 6.90. The van der Waals surface area contributed by atoms with Gasteiger partial charge in [-0.1, -0.05) is 0 Å². The fraction of sp³-hybridized carbons (Fsp3) is 0. The van der Waals surface area contributed by atoms with Crippen LogP contribution in [-0.2, 0) is 0 Å². The van der Waals surface area contributed by atoms with E-state index in [1.807, 2.05) is 0 Å². The molecule has 0 heterocycles. The molecule has 7 heteroatoms. The van der Waals surface area contributed by atoms with Gasteiger partial charge >= 0.3 is 77.5 Å². The normalized spacial score (nSPS) is 0. The third-order valence-electron chi connectivity index (χ3n) is 0. The molecule has 4 nitrogen and oxygen atoms in total. The standard InChI is InChI=1S/3In.4H2O.9H/h;;;4*1H2;;;;;;;;;. The number of hydrogen-bond acceptors (Lipinski definition) is 0. The minimum absolute atomic E-state index is 0. The predicted octanol–water partition coefficient (Wildman–Crippen LogP) is -6.85. The summed E-state index contributed by atoms with van der Waals surface area (Å²) in [6.45, 7) is 0. The average Bonchev–Trinajstić information content (AvgIpc) is 0. The van der Waals surface area contributed by atoms with E-state index in [9.17, 15) is 0 Å². The van der Waals surface area contributed by atoms with Crippen LogP contribution in [0.15, 0.2) is 0 Å². The van der Waals surface area contributed by atoms with E-state index < -0.39 is 0 Å². The van der Waals surface area contributed by atoms with E-state index in [0.717, 1.165) is 0 Å². The van der Waals surface area contributed by atoms with Gasteiger partial charge in [0.2, 0.25) is 0 Å². The van der Waals surface area contributed by atoms with E-state index in [1.165, 1.54) is 0 Å². The van der Waals surface area contributed by atoms with E-state index >= 15 is 0 Å². The van der Waals surface area contributed by atoms with Gasteiger partial charge in [-0.05, 0) is 0 Å². The fourth-order valence-electron chi connectivity index (χ4n) is 0. The maximum atomic E-state index is 0. The van der Waals surface area contributed by atoms with Crippen molar-refractivity contribution in [2.24, 2.45) is 0 Å². The SMILES string of the molecule is O.O.O.O.[InH3].[InH3].[InH3]. The zero-order valence-electron chi connectivity index (χ0n) is 2.00. The Morgan fingerprint density at radius 1 is 0.286 bits per heavy atom. The Hall–Kier alpha value is 2.45. The van der Waals surface area contributed by atoms with E-state index in [1.54, 1.807) is 0 Å². The molecule has 0 bridgehead atoms. The molecule has 0 saturated heterocycles. The molecule has 7 heavy (non-hydrogen) atoms. The second kappa shape index (κ2) is 78.1. The van der Waals surface area contributed by atoms with Gasteiger partial charge in [0, 0.05) is 0 Å². The van der Waals surface area contributed by atoms with Crippen LogP contribution in [0.3, 0.4) is 0 Å². The van der Waals surface area contributed by atoms with Crippen LogP contribution in [0.25, 0.3) is 0 Å². The summed E-state index contributed by atoms with van der Waals surface area (Å²) < 4.78 is 0. The van der Waals surface area contributed by atoms with Gasteiger partial charge in [0.25, 0.3) is 0 Å². The van der Waals surface area contributed by atoms with Crippen molar-refractivity contribution < 1.29 is 21.9 Å². The van der Waals surface area contributed by atoms with Gasteiger partial charge in [0.15, 0.2) is 0 Å². The van der Waals surface area contributed by atoms with Crippen molar-refractivity contribution in [2.45, 2.75) is 0 Å². The van der Waals surface area contributed by atoms with Crippen molar-refractivity contribution >= 4 is 77.5 Å². The van der Waals surface area contributed by atoms with Crippen molar-refractivity contribution in [3.05, 3.63) is 0 Å². The molecule has 0 aliphatic carbocycles. The molecule has 0 saturated carbocycles. The Morgan fingerprint density at radius 2 is 0.286 bits per heavy atom. The molecule has 50 valence electrons. The summed E-state index contributed by atoms with van der Waals surface area (Å²) in [4.78, 5) is 0. The second-order valence-corrected chi connectivity index (χ2v) is 0. The summed E-state index contributed by atoms with van der Waals surface area (Å²) >= 11 is 0. The molecule has 8 N–H and O–H groups in total. The van der Waals surface area contributed by atoms with Gasteiger partial charge in [0.1, 0.15) is 0 Å². The van der Waals surface area contributed by atoms with Gasteiger partial charge in [-0.15, -0.1) is 0 Å². The third-order valence-corrected chi connectivity index (χ3v) is 0. The summed E-state index contributed by atoms with van der Waals surface area (Å²) in [6, 6.07) is 0. The Morgan fingerprint density at radius 3 is 0.286 bits per heavy atom. The van der Waals surface area contributed by atoms with Gasteiger partial charge in [0.05, 0.1) is 0 Å². The van der Waals surface area contributed by atoms with Crippen molar-refractivity contribution in [3.8, 4) is 0 Å². The minimum atomic E-state index is 0. The molecule has 0 unspecified atom stereocenters. The van der Waals surface area contributed by atoms with Crippen LogP contribution in [0, 0.1) is 0 Å². The van der Waals surface area contributed by atoms with Crippen molar-refractivity contribution in [3.63, 3.8) is 0 Å². The quantitative estimate of drug-likeness (QED) is 0.366. The van der Waals surface area contributed by atoms with E-state index in [-0.39, 0.29) is 99.4 Å². The zero-order chi connectivity index (χ0) is 0. The summed E-state index contributed by atoms with van der Waals surface area (Å²) in [7, 11) is 0. The fourth-order valence-corrected chi connectivity index (χ4v) is 0. The molecule has 0 aromatic carbocycles. The number of hydrogen-bond donors (Lipinski definition) is 0. The Kier molecular flexibility index (Phi) is 1250. The third kappa shape index (κ3) is 58.6. The van der Waals surface area contributed by atoms with Crippen LogP contribution in [0.4, 0.5) is 0 Å². The molecule has 0 aliphatic heterocycles. The van der Waals surface area contributed by atoms with E-state index in [4.69, 9.17) is 0 Å². The number of rotatable bonds is 0. The summed E-state index contributed by atoms with van der Waals surface area (Å²) in [5.74, 6) is 0. The van der Waals surface area contributed by atoms with Crippen LogP contribution in [0.5, 0.6) is 0 Å². The topological polar surface area (TPSA) is 126 Å². The Balaban J connectivity index is 0. The van der Waals surface area contributed by atoms with Crippen molar-refractivity contribution in [1.82, 2.24) is 0 Å². The van der Waals surface area contributed by atoms with Crippen LogP contribution in [-0.4, -0.2) is 99.4 Å². The molecule has 0 rings (SSSR count). The van der Waals surface area contributed by atoms with Crippen LogP contribution in [0.2, 0.25) is 0 Å². The first-order valence-corrected chi connectivity index (χ1v) is 0. The monoisotopic (exact) mass is 426 g/mol. The summed E-state index contributed by atoms with van der Waals surface area (Å²) in [5.41, 5.74) is 0. The molecule has 0 radical (unpaired) electrons. The van der Waals surface area contributed by atoms with Crippen molar-refractivity contribution in [1.29, 1.82) is 0 Å². The first kappa shape index (κ1) is 112. The molecule has 0 spiro atoms. The summed E-state index contributed by atoms with van der Waals surface area (Å²) in [6.07, 6.45) is 0. The molecular formula is H17In3O4. The van der Waals surface area contributed by atoms with Crippen LogP contribution in [0.1, 0.15) is 0 Å². The van der Waals surface area contributed by atoms with E-state index in [0.29, 0.717) is 0 Å². The van der Waals surface area contributed by atoms with Gasteiger partial charge < -0.3 is 21.9 Å². The molecular weight excluding hydrogens is 408 g/mol. The molecule has 0 amide bonds. The van der Waals surface area contributed by atoms with Crippen molar-refractivity contribution in [2.75, 3.05) is 0 Å². The molecule has 0 aromatic rings.